The second-order valence-corrected chi connectivity index (χ2v) is 5.53. The number of nitrogens with zero attached hydrogens (tertiary/aromatic N) is 1. The Kier molecular flexibility index (Phi) is 7.54. The molecule has 1 aliphatic rings. The number of likely N-dealkylation sites (tertiary alicyclic amines) is 1. The van der Waals surface area contributed by atoms with Crippen LogP contribution in [0.15, 0.2) is 0 Å². The van der Waals surface area contributed by atoms with Gasteiger partial charge in [0, 0.05) is 26.2 Å². The molecule has 0 unspecified atom stereocenters. The zero-order chi connectivity index (χ0) is 15.0. The van der Waals surface area contributed by atoms with E-state index in [2.05, 4.69) is 29.4 Å². The minimum atomic E-state index is -0.582. The Morgan fingerprint density at radius 3 is 2.35 bits per heavy atom. The van der Waals surface area contributed by atoms with E-state index in [1.54, 1.807) is 7.11 Å². The molecule has 1 aliphatic heterocycles. The topological polar surface area (TPSA) is 70.7 Å². The lowest BCUT2D eigenvalue weighted by molar-refractivity contribution is -0.139. The number of nitrogens with one attached hydrogen (secondary N) is 2. The molecule has 2 N–H and O–H groups in total. The number of ether oxygens (including phenoxy) is 1. The van der Waals surface area contributed by atoms with Gasteiger partial charge in [0.2, 0.25) is 0 Å². The van der Waals surface area contributed by atoms with Gasteiger partial charge in [-0.25, -0.2) is 0 Å². The molecule has 0 aromatic rings. The molecule has 1 rings (SSSR count). The number of hydrogen-bond donors (Lipinski definition) is 2. The van der Waals surface area contributed by atoms with Gasteiger partial charge < -0.3 is 20.3 Å². The smallest absolute Gasteiger partial charge is 0.309 e. The zero-order valence-corrected chi connectivity index (χ0v) is 12.8. The summed E-state index contributed by atoms with van der Waals surface area (Å²) in [4.78, 5) is 25.5. The third-order valence-electron chi connectivity index (χ3n) is 3.73. The number of amides is 2. The highest BCUT2D eigenvalue weighted by Crippen LogP contribution is 2.17. The van der Waals surface area contributed by atoms with Crippen molar-refractivity contribution in [3.8, 4) is 0 Å². The Labute approximate surface area is 121 Å². The van der Waals surface area contributed by atoms with Crippen LogP contribution in [0.3, 0.4) is 0 Å². The Bertz CT molecular complexity index is 313. The maximum atomic E-state index is 11.6. The Morgan fingerprint density at radius 2 is 1.80 bits per heavy atom. The van der Waals surface area contributed by atoms with Crippen molar-refractivity contribution in [2.75, 3.05) is 39.9 Å². The summed E-state index contributed by atoms with van der Waals surface area (Å²) >= 11 is 0. The van der Waals surface area contributed by atoms with E-state index in [0.29, 0.717) is 31.7 Å². The first kappa shape index (κ1) is 16.9. The van der Waals surface area contributed by atoms with Gasteiger partial charge in [0.1, 0.15) is 0 Å². The van der Waals surface area contributed by atoms with Gasteiger partial charge in [-0.15, -0.1) is 0 Å². The molecular formula is C14H27N3O3. The standard InChI is InChI=1S/C14H27N3O3/c1-11(2)17-7-4-12(5-8-17)10-16-14(19)13(18)15-6-9-20-3/h11-12H,4-10H2,1-3H3,(H,15,18)(H,16,19). The Balaban J connectivity index is 2.17. The number of rotatable bonds is 6. The first-order valence-electron chi connectivity index (χ1n) is 7.33. The van der Waals surface area contributed by atoms with Crippen molar-refractivity contribution in [2.45, 2.75) is 32.7 Å². The van der Waals surface area contributed by atoms with Gasteiger partial charge >= 0.3 is 11.8 Å². The monoisotopic (exact) mass is 285 g/mol. The molecule has 116 valence electrons. The summed E-state index contributed by atoms with van der Waals surface area (Å²) in [5, 5.41) is 5.22. The summed E-state index contributed by atoms with van der Waals surface area (Å²) in [6, 6.07) is 0.581. The summed E-state index contributed by atoms with van der Waals surface area (Å²) in [6.07, 6.45) is 2.15. The summed E-state index contributed by atoms with van der Waals surface area (Å²) in [7, 11) is 1.55. The summed E-state index contributed by atoms with van der Waals surface area (Å²) < 4.78 is 4.81. The second kappa shape index (κ2) is 8.92. The van der Waals surface area contributed by atoms with E-state index in [1.165, 1.54) is 0 Å². The van der Waals surface area contributed by atoms with Crippen LogP contribution in [0.2, 0.25) is 0 Å². The second-order valence-electron chi connectivity index (χ2n) is 5.53. The average molecular weight is 285 g/mol. The van der Waals surface area contributed by atoms with Crippen LogP contribution in [0.25, 0.3) is 0 Å². The van der Waals surface area contributed by atoms with E-state index in [1.807, 2.05) is 0 Å². The van der Waals surface area contributed by atoms with Crippen LogP contribution in [0.4, 0.5) is 0 Å². The molecule has 0 radical (unpaired) electrons. The summed E-state index contributed by atoms with van der Waals surface area (Å²) in [5.74, 6) is -0.658. The van der Waals surface area contributed by atoms with E-state index in [-0.39, 0.29) is 0 Å². The largest absolute Gasteiger partial charge is 0.383 e. The van der Waals surface area contributed by atoms with Gasteiger partial charge in [0.05, 0.1) is 6.61 Å². The number of methoxy groups -OCH3 is 1. The fourth-order valence-electron chi connectivity index (χ4n) is 2.34. The maximum Gasteiger partial charge on any atom is 0.309 e. The van der Waals surface area contributed by atoms with E-state index >= 15 is 0 Å². The number of carbonyl (C=O) groups excluding carboxylic acids is 2. The Hall–Kier alpha value is -1.14. The van der Waals surface area contributed by atoms with Crippen LogP contribution < -0.4 is 10.6 Å². The lowest BCUT2D eigenvalue weighted by Gasteiger charge is -2.34. The van der Waals surface area contributed by atoms with Gasteiger partial charge in [-0.05, 0) is 45.7 Å². The average Bonchev–Trinajstić information content (AvgIpc) is 2.45. The highest BCUT2D eigenvalue weighted by Gasteiger charge is 2.22. The Morgan fingerprint density at radius 1 is 1.20 bits per heavy atom. The molecule has 1 fully saturated rings. The lowest BCUT2D eigenvalue weighted by Crippen LogP contribution is -2.45. The fourth-order valence-corrected chi connectivity index (χ4v) is 2.34. The van der Waals surface area contributed by atoms with Crippen LogP contribution in [0.1, 0.15) is 26.7 Å². The first-order chi connectivity index (χ1) is 9.54. The van der Waals surface area contributed by atoms with E-state index < -0.39 is 11.8 Å². The molecular weight excluding hydrogens is 258 g/mol. The van der Waals surface area contributed by atoms with E-state index in [4.69, 9.17) is 4.74 Å². The number of hydrogen-bond acceptors (Lipinski definition) is 4. The van der Waals surface area contributed by atoms with Crippen molar-refractivity contribution in [2.24, 2.45) is 5.92 Å². The number of carbonyl (C=O) groups is 2. The molecule has 0 aromatic heterocycles. The van der Waals surface area contributed by atoms with E-state index in [9.17, 15) is 9.59 Å². The maximum absolute atomic E-state index is 11.6. The van der Waals surface area contributed by atoms with Crippen molar-refractivity contribution in [3.05, 3.63) is 0 Å². The molecule has 0 saturated carbocycles. The minimum absolute atomic E-state index is 0.357. The van der Waals surface area contributed by atoms with Crippen LogP contribution >= 0.6 is 0 Å². The van der Waals surface area contributed by atoms with Gasteiger partial charge in [-0.1, -0.05) is 0 Å². The first-order valence-corrected chi connectivity index (χ1v) is 7.33. The molecule has 2 amide bonds. The predicted molar refractivity (Wildman–Crippen MR) is 77.3 cm³/mol. The number of piperidine rings is 1. The van der Waals surface area contributed by atoms with Gasteiger partial charge in [0.25, 0.3) is 0 Å². The predicted octanol–water partition coefficient (Wildman–Crippen LogP) is -0.0144. The molecule has 0 atom stereocenters. The van der Waals surface area contributed by atoms with Crippen LogP contribution in [0, 0.1) is 5.92 Å². The molecule has 0 spiro atoms. The fraction of sp³-hybridized carbons (Fsp3) is 0.857. The lowest BCUT2D eigenvalue weighted by atomic mass is 9.96. The molecule has 0 aliphatic carbocycles. The van der Waals surface area contributed by atoms with Gasteiger partial charge in [-0.3, -0.25) is 9.59 Å². The van der Waals surface area contributed by atoms with Crippen LogP contribution in [-0.2, 0) is 14.3 Å². The van der Waals surface area contributed by atoms with Crippen molar-refractivity contribution in [1.82, 2.24) is 15.5 Å². The molecule has 1 heterocycles. The minimum Gasteiger partial charge on any atom is -0.383 e. The molecule has 1 saturated heterocycles. The summed E-state index contributed by atoms with van der Waals surface area (Å²) in [5.41, 5.74) is 0. The van der Waals surface area contributed by atoms with E-state index in [0.717, 1.165) is 25.9 Å². The normalized spacial score (nSPS) is 17.2. The molecule has 20 heavy (non-hydrogen) atoms. The van der Waals surface area contributed by atoms with Gasteiger partial charge in [0.15, 0.2) is 0 Å². The highest BCUT2D eigenvalue weighted by atomic mass is 16.5. The van der Waals surface area contributed by atoms with Gasteiger partial charge in [-0.2, -0.15) is 0 Å². The van der Waals surface area contributed by atoms with Crippen LogP contribution in [-0.4, -0.2) is 62.7 Å². The van der Waals surface area contributed by atoms with Crippen molar-refractivity contribution >= 4 is 11.8 Å². The van der Waals surface area contributed by atoms with Crippen molar-refractivity contribution < 1.29 is 14.3 Å². The third-order valence-corrected chi connectivity index (χ3v) is 3.73. The zero-order valence-electron chi connectivity index (χ0n) is 12.8. The van der Waals surface area contributed by atoms with Crippen molar-refractivity contribution in [1.29, 1.82) is 0 Å². The molecule has 0 aromatic carbocycles. The summed E-state index contributed by atoms with van der Waals surface area (Å²) in [6.45, 7) is 7.89. The molecule has 6 nitrogen and oxygen atoms in total. The van der Waals surface area contributed by atoms with Crippen LogP contribution in [0.5, 0.6) is 0 Å². The SMILES string of the molecule is COCCNC(=O)C(=O)NCC1CCN(C(C)C)CC1. The quantitative estimate of drug-likeness (QED) is 0.532. The molecule has 0 bridgehead atoms. The highest BCUT2D eigenvalue weighted by molar-refractivity contribution is 6.35. The third kappa shape index (κ3) is 5.88. The molecule has 6 heteroatoms. The van der Waals surface area contributed by atoms with Crippen molar-refractivity contribution in [3.63, 3.8) is 0 Å².